The molecule has 5 nitrogen and oxygen atoms in total. The van der Waals surface area contributed by atoms with Crippen LogP contribution in [-0.2, 0) is 10.0 Å². The average Bonchev–Trinajstić information content (AvgIpc) is 2.15. The molecule has 2 aliphatic heterocycles. The molecule has 1 saturated carbocycles. The second-order valence-electron chi connectivity index (χ2n) is 6.32. The molecular formula is C12H23N3O2S. The van der Waals surface area contributed by atoms with Crippen molar-refractivity contribution in [3.05, 3.63) is 0 Å². The molecule has 3 aliphatic rings. The fraction of sp³-hybridized carbons (Fsp3) is 1.00. The second-order valence-corrected chi connectivity index (χ2v) is 8.36. The van der Waals surface area contributed by atoms with Crippen LogP contribution in [-0.4, -0.2) is 57.8 Å². The van der Waals surface area contributed by atoms with Gasteiger partial charge in [-0.15, -0.1) is 0 Å². The first-order valence-corrected chi connectivity index (χ1v) is 8.59. The summed E-state index contributed by atoms with van der Waals surface area (Å²) in [5.41, 5.74) is 0.443. The first kappa shape index (κ1) is 12.8. The van der Waals surface area contributed by atoms with E-state index in [1.54, 1.807) is 6.92 Å². The largest absolute Gasteiger partial charge is 0.316 e. The Labute approximate surface area is 109 Å². The van der Waals surface area contributed by atoms with Gasteiger partial charge in [-0.1, -0.05) is 0 Å². The van der Waals surface area contributed by atoms with Gasteiger partial charge in [-0.25, -0.2) is 13.1 Å². The molecule has 3 fully saturated rings. The maximum absolute atomic E-state index is 11.4. The van der Waals surface area contributed by atoms with Crippen molar-refractivity contribution >= 4 is 10.0 Å². The predicted octanol–water partition coefficient (Wildman–Crippen LogP) is -0.390. The van der Waals surface area contributed by atoms with Crippen LogP contribution in [0.2, 0.25) is 0 Å². The van der Waals surface area contributed by atoms with Crippen LogP contribution in [0.15, 0.2) is 0 Å². The van der Waals surface area contributed by atoms with E-state index in [0.29, 0.717) is 5.41 Å². The van der Waals surface area contributed by atoms with Gasteiger partial charge in [0.1, 0.15) is 0 Å². The standard InChI is InChI=1S/C12H23N3O2S/c1-2-18(16,17)14-11-3-12(4-11)8-15(9-12)7-10-5-13-6-10/h10-11,13-14H,2-9H2,1H3. The van der Waals surface area contributed by atoms with E-state index in [0.717, 1.165) is 18.8 Å². The van der Waals surface area contributed by atoms with Crippen molar-refractivity contribution in [1.82, 2.24) is 14.9 Å². The molecule has 0 atom stereocenters. The number of hydrogen-bond donors (Lipinski definition) is 2. The van der Waals surface area contributed by atoms with E-state index in [4.69, 9.17) is 0 Å². The van der Waals surface area contributed by atoms with Crippen LogP contribution in [0.3, 0.4) is 0 Å². The quantitative estimate of drug-likeness (QED) is 0.716. The van der Waals surface area contributed by atoms with Gasteiger partial charge in [0.25, 0.3) is 0 Å². The fourth-order valence-electron chi connectivity index (χ4n) is 3.54. The lowest BCUT2D eigenvalue weighted by Gasteiger charge is -2.60. The molecule has 2 heterocycles. The highest BCUT2D eigenvalue weighted by Gasteiger charge is 2.53. The van der Waals surface area contributed by atoms with E-state index < -0.39 is 10.0 Å². The van der Waals surface area contributed by atoms with Gasteiger partial charge in [0.15, 0.2) is 0 Å². The van der Waals surface area contributed by atoms with Crippen LogP contribution in [0.4, 0.5) is 0 Å². The molecule has 18 heavy (non-hydrogen) atoms. The van der Waals surface area contributed by atoms with Crippen molar-refractivity contribution in [3.8, 4) is 0 Å². The Balaban J connectivity index is 1.38. The van der Waals surface area contributed by atoms with Crippen LogP contribution in [0.1, 0.15) is 19.8 Å². The zero-order valence-electron chi connectivity index (χ0n) is 11.0. The average molecular weight is 273 g/mol. The summed E-state index contributed by atoms with van der Waals surface area (Å²) in [4.78, 5) is 2.52. The molecule has 1 aliphatic carbocycles. The minimum absolute atomic E-state index is 0.192. The summed E-state index contributed by atoms with van der Waals surface area (Å²) < 4.78 is 25.7. The summed E-state index contributed by atoms with van der Waals surface area (Å²) in [7, 11) is -3.01. The summed E-state index contributed by atoms with van der Waals surface area (Å²) >= 11 is 0. The summed E-state index contributed by atoms with van der Waals surface area (Å²) in [5.74, 6) is 1.04. The van der Waals surface area contributed by atoms with E-state index in [1.165, 1.54) is 32.7 Å². The van der Waals surface area contributed by atoms with Crippen molar-refractivity contribution < 1.29 is 8.42 Å². The first-order valence-electron chi connectivity index (χ1n) is 6.93. The number of nitrogens with zero attached hydrogens (tertiary/aromatic N) is 1. The van der Waals surface area contributed by atoms with E-state index in [1.807, 2.05) is 0 Å². The molecule has 6 heteroatoms. The Kier molecular flexibility index (Phi) is 3.17. The maximum atomic E-state index is 11.4. The topological polar surface area (TPSA) is 61.4 Å². The van der Waals surface area contributed by atoms with Gasteiger partial charge in [0.05, 0.1) is 5.75 Å². The molecule has 0 aromatic rings. The minimum Gasteiger partial charge on any atom is -0.316 e. The Morgan fingerprint density at radius 3 is 2.50 bits per heavy atom. The third-order valence-corrected chi connectivity index (χ3v) is 6.04. The molecule has 3 rings (SSSR count). The molecular weight excluding hydrogens is 250 g/mol. The summed E-state index contributed by atoms with van der Waals surface area (Å²) in [6.07, 6.45) is 2.07. The molecule has 2 N–H and O–H groups in total. The minimum atomic E-state index is -3.01. The van der Waals surface area contributed by atoms with Gasteiger partial charge in [0.2, 0.25) is 10.0 Å². The normalized spacial score (nSPS) is 28.7. The first-order chi connectivity index (χ1) is 8.50. The molecule has 0 radical (unpaired) electrons. The molecule has 0 unspecified atom stereocenters. The van der Waals surface area contributed by atoms with E-state index in [9.17, 15) is 8.42 Å². The van der Waals surface area contributed by atoms with Crippen molar-refractivity contribution in [3.63, 3.8) is 0 Å². The lowest BCUT2D eigenvalue weighted by atomic mass is 9.61. The smallest absolute Gasteiger partial charge is 0.211 e. The van der Waals surface area contributed by atoms with Crippen LogP contribution in [0.5, 0.6) is 0 Å². The van der Waals surface area contributed by atoms with Gasteiger partial charge in [-0.3, -0.25) is 0 Å². The van der Waals surface area contributed by atoms with Crippen LogP contribution in [0.25, 0.3) is 0 Å². The van der Waals surface area contributed by atoms with Crippen molar-refractivity contribution in [2.75, 3.05) is 38.5 Å². The zero-order chi connectivity index (χ0) is 12.8. The van der Waals surface area contributed by atoms with Crippen LogP contribution < -0.4 is 10.0 Å². The molecule has 0 aromatic carbocycles. The molecule has 0 bridgehead atoms. The van der Waals surface area contributed by atoms with E-state index in [2.05, 4.69) is 14.9 Å². The Hall–Kier alpha value is -0.170. The van der Waals surface area contributed by atoms with Gasteiger partial charge >= 0.3 is 0 Å². The van der Waals surface area contributed by atoms with Gasteiger partial charge in [-0.05, 0) is 31.1 Å². The maximum Gasteiger partial charge on any atom is 0.211 e. The van der Waals surface area contributed by atoms with Gasteiger partial charge in [-0.2, -0.15) is 0 Å². The lowest BCUT2D eigenvalue weighted by molar-refractivity contribution is -0.0825. The van der Waals surface area contributed by atoms with Crippen LogP contribution >= 0.6 is 0 Å². The number of rotatable bonds is 5. The van der Waals surface area contributed by atoms with E-state index in [-0.39, 0.29) is 11.8 Å². The van der Waals surface area contributed by atoms with Crippen molar-refractivity contribution in [1.29, 1.82) is 0 Å². The third kappa shape index (κ3) is 2.43. The highest BCUT2D eigenvalue weighted by Crippen LogP contribution is 2.48. The molecule has 0 amide bonds. The second kappa shape index (κ2) is 4.44. The third-order valence-electron chi connectivity index (χ3n) is 4.59. The molecule has 104 valence electrons. The fourth-order valence-corrected chi connectivity index (χ4v) is 4.38. The Bertz CT molecular complexity index is 405. The summed E-state index contributed by atoms with van der Waals surface area (Å²) in [6, 6.07) is 0.197. The van der Waals surface area contributed by atoms with Gasteiger partial charge < -0.3 is 10.2 Å². The number of sulfonamides is 1. The van der Waals surface area contributed by atoms with Crippen LogP contribution in [0, 0.1) is 11.3 Å². The molecule has 0 aromatic heterocycles. The molecule has 1 spiro atoms. The lowest BCUT2D eigenvalue weighted by Crippen LogP contribution is -2.67. The van der Waals surface area contributed by atoms with Gasteiger partial charge in [0, 0.05) is 38.8 Å². The SMILES string of the molecule is CCS(=O)(=O)NC1CC2(C1)CN(CC1CNC1)C2. The Morgan fingerprint density at radius 1 is 1.33 bits per heavy atom. The number of likely N-dealkylation sites (tertiary alicyclic amines) is 1. The number of hydrogen-bond acceptors (Lipinski definition) is 4. The molecule has 2 saturated heterocycles. The Morgan fingerprint density at radius 2 is 2.00 bits per heavy atom. The summed E-state index contributed by atoms with van der Waals surface area (Å²) in [6.45, 7) is 7.60. The number of nitrogens with one attached hydrogen (secondary N) is 2. The predicted molar refractivity (Wildman–Crippen MR) is 70.9 cm³/mol. The van der Waals surface area contributed by atoms with E-state index >= 15 is 0 Å². The highest BCUT2D eigenvalue weighted by atomic mass is 32.2. The monoisotopic (exact) mass is 273 g/mol. The van der Waals surface area contributed by atoms with Crippen molar-refractivity contribution in [2.24, 2.45) is 11.3 Å². The van der Waals surface area contributed by atoms with Crippen molar-refractivity contribution in [2.45, 2.75) is 25.8 Å². The zero-order valence-corrected chi connectivity index (χ0v) is 11.8. The summed E-state index contributed by atoms with van der Waals surface area (Å²) in [5, 5.41) is 3.30. The highest BCUT2D eigenvalue weighted by molar-refractivity contribution is 7.89.